The van der Waals surface area contributed by atoms with Crippen LogP contribution < -0.4 is 0 Å². The second-order valence-electron chi connectivity index (χ2n) is 6.98. The van der Waals surface area contributed by atoms with E-state index in [1.54, 1.807) is 12.1 Å². The van der Waals surface area contributed by atoms with E-state index >= 15 is 0 Å². The summed E-state index contributed by atoms with van der Waals surface area (Å²) in [5, 5.41) is 0.987. The van der Waals surface area contributed by atoms with Crippen LogP contribution in [0.3, 0.4) is 0 Å². The van der Waals surface area contributed by atoms with Crippen LogP contribution in [-0.2, 0) is 11.2 Å². The summed E-state index contributed by atoms with van der Waals surface area (Å²) >= 11 is 12.1. The van der Waals surface area contributed by atoms with E-state index in [-0.39, 0.29) is 11.9 Å². The maximum atomic E-state index is 13.0. The standard InChI is InChI=1S/C21H24Cl2N2O/c1-24-12-6-9-19(24)21(16-7-4-3-5-8-16)25(2)20(26)14-15-10-11-17(22)18(23)13-15/h3-5,7-8,10-11,13,19,21H,6,9,12,14H2,1-2H3. The minimum absolute atomic E-state index is 0.0407. The van der Waals surface area contributed by atoms with Crippen molar-refractivity contribution in [2.75, 3.05) is 20.6 Å². The van der Waals surface area contributed by atoms with Crippen LogP contribution in [0.2, 0.25) is 10.0 Å². The number of likely N-dealkylation sites (tertiary alicyclic amines) is 1. The number of carbonyl (C=O) groups excluding carboxylic acids is 1. The van der Waals surface area contributed by atoms with Crippen molar-refractivity contribution in [2.45, 2.75) is 31.3 Å². The fraction of sp³-hybridized carbons (Fsp3) is 0.381. The van der Waals surface area contributed by atoms with Crippen molar-refractivity contribution in [2.24, 2.45) is 0 Å². The van der Waals surface area contributed by atoms with E-state index in [1.165, 1.54) is 12.0 Å². The molecule has 0 N–H and O–H groups in total. The van der Waals surface area contributed by atoms with Crippen LogP contribution in [0.15, 0.2) is 48.5 Å². The normalized spacial score (nSPS) is 18.7. The topological polar surface area (TPSA) is 23.6 Å². The first-order valence-electron chi connectivity index (χ1n) is 8.92. The van der Waals surface area contributed by atoms with Crippen molar-refractivity contribution in [3.63, 3.8) is 0 Å². The van der Waals surface area contributed by atoms with E-state index in [9.17, 15) is 4.79 Å². The molecule has 5 heteroatoms. The molecule has 138 valence electrons. The van der Waals surface area contributed by atoms with Crippen molar-refractivity contribution in [3.05, 3.63) is 69.7 Å². The molecule has 0 radical (unpaired) electrons. The first-order valence-corrected chi connectivity index (χ1v) is 9.67. The van der Waals surface area contributed by atoms with Gasteiger partial charge in [0.25, 0.3) is 0 Å². The van der Waals surface area contributed by atoms with Crippen molar-refractivity contribution >= 4 is 29.1 Å². The highest BCUT2D eigenvalue weighted by Crippen LogP contribution is 2.33. The Morgan fingerprint density at radius 3 is 2.54 bits per heavy atom. The number of likely N-dealkylation sites (N-methyl/N-ethyl adjacent to an activating group) is 2. The predicted octanol–water partition coefficient (Wildman–Crippen LogP) is 4.83. The molecule has 1 amide bonds. The van der Waals surface area contributed by atoms with Gasteiger partial charge in [0.2, 0.25) is 5.91 Å². The summed E-state index contributed by atoms with van der Waals surface area (Å²) in [5.41, 5.74) is 2.05. The third kappa shape index (κ3) is 4.22. The molecule has 0 spiro atoms. The van der Waals surface area contributed by atoms with Gasteiger partial charge in [0, 0.05) is 13.1 Å². The van der Waals surface area contributed by atoms with Crippen LogP contribution >= 0.6 is 23.2 Å². The van der Waals surface area contributed by atoms with E-state index in [0.29, 0.717) is 22.5 Å². The highest BCUT2D eigenvalue weighted by molar-refractivity contribution is 6.42. The van der Waals surface area contributed by atoms with Gasteiger partial charge >= 0.3 is 0 Å². The number of rotatable bonds is 5. The number of amides is 1. The number of halogens is 2. The third-order valence-corrected chi connectivity index (χ3v) is 5.97. The second kappa shape index (κ2) is 8.43. The number of hydrogen-bond acceptors (Lipinski definition) is 2. The Kier molecular flexibility index (Phi) is 6.23. The van der Waals surface area contributed by atoms with Crippen molar-refractivity contribution in [1.29, 1.82) is 0 Å². The van der Waals surface area contributed by atoms with E-state index < -0.39 is 0 Å². The highest BCUT2D eigenvalue weighted by atomic mass is 35.5. The fourth-order valence-corrected chi connectivity index (χ4v) is 4.11. The van der Waals surface area contributed by atoms with Gasteiger partial charge < -0.3 is 9.80 Å². The van der Waals surface area contributed by atoms with Gasteiger partial charge in [-0.1, -0.05) is 59.6 Å². The maximum Gasteiger partial charge on any atom is 0.227 e. The van der Waals surface area contributed by atoms with Crippen LogP contribution in [0.5, 0.6) is 0 Å². The van der Waals surface area contributed by atoms with Gasteiger partial charge in [-0.25, -0.2) is 0 Å². The molecule has 1 aliphatic rings. The number of benzene rings is 2. The Hall–Kier alpha value is -1.55. The summed E-state index contributed by atoms with van der Waals surface area (Å²) in [7, 11) is 4.05. The molecule has 0 aromatic heterocycles. The number of hydrogen-bond donors (Lipinski definition) is 0. The Balaban J connectivity index is 1.83. The molecular weight excluding hydrogens is 367 g/mol. The minimum Gasteiger partial charge on any atom is -0.337 e. The lowest BCUT2D eigenvalue weighted by Crippen LogP contribution is -2.43. The predicted molar refractivity (Wildman–Crippen MR) is 108 cm³/mol. The molecule has 2 atom stereocenters. The van der Waals surface area contributed by atoms with Crippen LogP contribution in [0.4, 0.5) is 0 Å². The van der Waals surface area contributed by atoms with E-state index in [4.69, 9.17) is 23.2 Å². The van der Waals surface area contributed by atoms with E-state index in [0.717, 1.165) is 18.5 Å². The third-order valence-electron chi connectivity index (χ3n) is 5.23. The lowest BCUT2D eigenvalue weighted by molar-refractivity contribution is -0.132. The number of carbonyl (C=O) groups is 1. The molecule has 0 saturated carbocycles. The summed E-state index contributed by atoms with van der Waals surface area (Å²) in [5.74, 6) is 0.0811. The van der Waals surface area contributed by atoms with Gasteiger partial charge in [-0.15, -0.1) is 0 Å². The summed E-state index contributed by atoms with van der Waals surface area (Å²) in [6, 6.07) is 16.1. The van der Waals surface area contributed by atoms with Crippen LogP contribution in [0.1, 0.15) is 30.0 Å². The first-order chi connectivity index (χ1) is 12.5. The maximum absolute atomic E-state index is 13.0. The zero-order chi connectivity index (χ0) is 18.7. The lowest BCUT2D eigenvalue weighted by Gasteiger charge is -2.36. The average Bonchev–Trinajstić information content (AvgIpc) is 3.05. The molecule has 2 aromatic carbocycles. The molecule has 3 rings (SSSR count). The summed E-state index contributed by atoms with van der Waals surface area (Å²) in [4.78, 5) is 17.3. The molecule has 1 aliphatic heterocycles. The largest absolute Gasteiger partial charge is 0.337 e. The van der Waals surface area contributed by atoms with Crippen LogP contribution in [-0.4, -0.2) is 42.4 Å². The van der Waals surface area contributed by atoms with E-state index in [2.05, 4.69) is 24.1 Å². The van der Waals surface area contributed by atoms with Gasteiger partial charge in [0.15, 0.2) is 0 Å². The van der Waals surface area contributed by atoms with Gasteiger partial charge in [-0.3, -0.25) is 4.79 Å². The van der Waals surface area contributed by atoms with E-state index in [1.807, 2.05) is 36.2 Å². The quantitative estimate of drug-likeness (QED) is 0.729. The Morgan fingerprint density at radius 1 is 1.19 bits per heavy atom. The fourth-order valence-electron chi connectivity index (χ4n) is 3.79. The SMILES string of the molecule is CN1CCCC1C(c1ccccc1)N(C)C(=O)Cc1ccc(Cl)c(Cl)c1. The van der Waals surface area contributed by atoms with Crippen LogP contribution in [0.25, 0.3) is 0 Å². The zero-order valence-corrected chi connectivity index (χ0v) is 16.7. The number of nitrogens with zero attached hydrogens (tertiary/aromatic N) is 2. The molecule has 1 heterocycles. The average molecular weight is 391 g/mol. The summed E-state index contributed by atoms with van der Waals surface area (Å²) < 4.78 is 0. The highest BCUT2D eigenvalue weighted by Gasteiger charge is 2.34. The Labute approximate surface area is 165 Å². The second-order valence-corrected chi connectivity index (χ2v) is 7.79. The Morgan fingerprint density at radius 2 is 1.92 bits per heavy atom. The van der Waals surface area contributed by atoms with Gasteiger partial charge in [-0.05, 0) is 49.7 Å². The lowest BCUT2D eigenvalue weighted by atomic mass is 9.95. The zero-order valence-electron chi connectivity index (χ0n) is 15.2. The van der Waals surface area contributed by atoms with Crippen molar-refractivity contribution in [3.8, 4) is 0 Å². The molecule has 0 aliphatic carbocycles. The van der Waals surface area contributed by atoms with Crippen molar-refractivity contribution in [1.82, 2.24) is 9.80 Å². The minimum atomic E-state index is 0.0407. The summed E-state index contributed by atoms with van der Waals surface area (Å²) in [6.07, 6.45) is 2.58. The molecular formula is C21H24Cl2N2O. The summed E-state index contributed by atoms with van der Waals surface area (Å²) in [6.45, 7) is 1.07. The van der Waals surface area contributed by atoms with Gasteiger partial charge in [0.1, 0.15) is 0 Å². The van der Waals surface area contributed by atoms with Gasteiger partial charge in [0.05, 0.1) is 22.5 Å². The molecule has 1 fully saturated rings. The molecule has 26 heavy (non-hydrogen) atoms. The molecule has 1 saturated heterocycles. The van der Waals surface area contributed by atoms with Crippen LogP contribution in [0, 0.1) is 0 Å². The first kappa shape index (κ1) is 19.2. The van der Waals surface area contributed by atoms with Crippen molar-refractivity contribution < 1.29 is 4.79 Å². The molecule has 2 unspecified atom stereocenters. The Bertz CT molecular complexity index is 766. The molecule has 3 nitrogen and oxygen atoms in total. The molecule has 0 bridgehead atoms. The monoisotopic (exact) mass is 390 g/mol. The van der Waals surface area contributed by atoms with Gasteiger partial charge in [-0.2, -0.15) is 0 Å². The molecule has 2 aromatic rings. The smallest absolute Gasteiger partial charge is 0.227 e.